The summed E-state index contributed by atoms with van der Waals surface area (Å²) < 4.78 is 7.36. The van der Waals surface area contributed by atoms with Gasteiger partial charge in [0.05, 0.1) is 17.6 Å². The first kappa shape index (κ1) is 17.7. The SMILES string of the molecule is CCOc1cc(NC(c2nnc3ccccn23)C(C)C)ccc1[N+](=O)[O-]. The predicted molar refractivity (Wildman–Crippen MR) is 98.5 cm³/mol. The van der Waals surface area contributed by atoms with Crippen molar-refractivity contribution in [2.75, 3.05) is 11.9 Å². The zero-order valence-corrected chi connectivity index (χ0v) is 14.9. The van der Waals surface area contributed by atoms with Crippen molar-refractivity contribution in [3.8, 4) is 5.75 Å². The maximum absolute atomic E-state index is 11.2. The lowest BCUT2D eigenvalue weighted by Gasteiger charge is -2.22. The first-order chi connectivity index (χ1) is 12.5. The van der Waals surface area contributed by atoms with Crippen LogP contribution in [-0.4, -0.2) is 26.1 Å². The third kappa shape index (κ3) is 3.44. The Morgan fingerprint density at radius 2 is 2.08 bits per heavy atom. The number of benzene rings is 1. The van der Waals surface area contributed by atoms with Crippen LogP contribution in [0.3, 0.4) is 0 Å². The summed E-state index contributed by atoms with van der Waals surface area (Å²) in [7, 11) is 0. The summed E-state index contributed by atoms with van der Waals surface area (Å²) in [5.74, 6) is 1.25. The molecule has 0 aliphatic carbocycles. The molecule has 8 heteroatoms. The summed E-state index contributed by atoms with van der Waals surface area (Å²) in [5, 5.41) is 23.1. The number of fused-ring (bicyclic) bond motifs is 1. The molecular weight excluding hydrogens is 334 g/mol. The Balaban J connectivity index is 1.96. The number of rotatable bonds is 7. The van der Waals surface area contributed by atoms with Crippen molar-refractivity contribution in [1.82, 2.24) is 14.6 Å². The van der Waals surface area contributed by atoms with Gasteiger partial charge in [0.1, 0.15) is 0 Å². The van der Waals surface area contributed by atoms with Crippen LogP contribution in [0.25, 0.3) is 5.65 Å². The van der Waals surface area contributed by atoms with Crippen molar-refractivity contribution in [1.29, 1.82) is 0 Å². The lowest BCUT2D eigenvalue weighted by molar-refractivity contribution is -0.385. The maximum Gasteiger partial charge on any atom is 0.311 e. The Labute approximate surface area is 151 Å². The summed E-state index contributed by atoms with van der Waals surface area (Å²) in [6, 6.07) is 10.4. The fourth-order valence-electron chi connectivity index (χ4n) is 2.81. The Bertz CT molecular complexity index is 922. The van der Waals surface area contributed by atoms with E-state index in [1.807, 2.05) is 28.8 Å². The van der Waals surface area contributed by atoms with Crippen molar-refractivity contribution in [2.45, 2.75) is 26.8 Å². The summed E-state index contributed by atoms with van der Waals surface area (Å²) in [6.07, 6.45) is 1.92. The third-order valence-corrected chi connectivity index (χ3v) is 4.06. The first-order valence-corrected chi connectivity index (χ1v) is 8.48. The summed E-state index contributed by atoms with van der Waals surface area (Å²) in [6.45, 7) is 6.31. The number of ether oxygens (including phenoxy) is 1. The van der Waals surface area contributed by atoms with Crippen LogP contribution in [0.15, 0.2) is 42.6 Å². The number of pyridine rings is 1. The number of hydrogen-bond donors (Lipinski definition) is 1. The molecular formula is C18H21N5O3. The molecule has 3 aromatic rings. The van der Waals surface area contributed by atoms with Gasteiger partial charge in [-0.25, -0.2) is 0 Å². The van der Waals surface area contributed by atoms with E-state index in [-0.39, 0.29) is 23.4 Å². The number of aromatic nitrogens is 3. The summed E-state index contributed by atoms with van der Waals surface area (Å²) in [4.78, 5) is 10.7. The van der Waals surface area contributed by atoms with Gasteiger partial charge in [-0.2, -0.15) is 0 Å². The van der Waals surface area contributed by atoms with E-state index in [0.29, 0.717) is 6.61 Å². The number of nitro benzene ring substituents is 1. The van der Waals surface area contributed by atoms with E-state index in [2.05, 4.69) is 29.4 Å². The van der Waals surface area contributed by atoms with E-state index in [4.69, 9.17) is 4.74 Å². The summed E-state index contributed by atoms with van der Waals surface area (Å²) >= 11 is 0. The third-order valence-electron chi connectivity index (χ3n) is 4.06. The second kappa shape index (κ2) is 7.38. The smallest absolute Gasteiger partial charge is 0.311 e. The van der Waals surface area contributed by atoms with Crippen LogP contribution in [-0.2, 0) is 0 Å². The molecule has 0 saturated carbocycles. The molecule has 8 nitrogen and oxygen atoms in total. The topological polar surface area (TPSA) is 94.6 Å². The van der Waals surface area contributed by atoms with Gasteiger partial charge in [-0.15, -0.1) is 10.2 Å². The van der Waals surface area contributed by atoms with Crippen LogP contribution in [0.5, 0.6) is 5.75 Å². The molecule has 0 bridgehead atoms. The molecule has 1 N–H and O–H groups in total. The van der Waals surface area contributed by atoms with E-state index in [0.717, 1.165) is 17.2 Å². The van der Waals surface area contributed by atoms with Crippen LogP contribution >= 0.6 is 0 Å². The van der Waals surface area contributed by atoms with Crippen LogP contribution in [0, 0.1) is 16.0 Å². The van der Waals surface area contributed by atoms with Crippen LogP contribution in [0.2, 0.25) is 0 Å². The van der Waals surface area contributed by atoms with Gasteiger partial charge in [-0.3, -0.25) is 14.5 Å². The van der Waals surface area contributed by atoms with Crippen molar-refractivity contribution in [3.63, 3.8) is 0 Å². The highest BCUT2D eigenvalue weighted by molar-refractivity contribution is 5.58. The van der Waals surface area contributed by atoms with Crippen molar-refractivity contribution in [3.05, 3.63) is 58.5 Å². The Morgan fingerprint density at radius 1 is 1.27 bits per heavy atom. The number of nitro groups is 1. The van der Waals surface area contributed by atoms with Gasteiger partial charge in [0.15, 0.2) is 17.2 Å². The minimum Gasteiger partial charge on any atom is -0.487 e. The predicted octanol–water partition coefficient (Wildman–Crippen LogP) is 3.85. The zero-order valence-electron chi connectivity index (χ0n) is 14.9. The van der Waals surface area contributed by atoms with E-state index >= 15 is 0 Å². The van der Waals surface area contributed by atoms with E-state index in [9.17, 15) is 10.1 Å². The molecule has 3 rings (SSSR count). The molecule has 0 aliphatic rings. The number of anilines is 1. The number of hydrogen-bond acceptors (Lipinski definition) is 6. The molecule has 1 atom stereocenters. The molecule has 1 unspecified atom stereocenters. The maximum atomic E-state index is 11.2. The minimum atomic E-state index is -0.444. The fourth-order valence-corrected chi connectivity index (χ4v) is 2.81. The molecule has 0 spiro atoms. The van der Waals surface area contributed by atoms with Crippen LogP contribution in [0.1, 0.15) is 32.6 Å². The molecule has 0 saturated heterocycles. The highest BCUT2D eigenvalue weighted by Gasteiger charge is 2.23. The second-order valence-corrected chi connectivity index (χ2v) is 6.23. The average Bonchev–Trinajstić information content (AvgIpc) is 3.03. The van der Waals surface area contributed by atoms with Gasteiger partial charge in [0.2, 0.25) is 0 Å². The van der Waals surface area contributed by atoms with Gasteiger partial charge < -0.3 is 10.1 Å². The highest BCUT2D eigenvalue weighted by Crippen LogP contribution is 2.33. The second-order valence-electron chi connectivity index (χ2n) is 6.23. The van der Waals surface area contributed by atoms with E-state index < -0.39 is 4.92 Å². The normalized spacial score (nSPS) is 12.3. The van der Waals surface area contributed by atoms with Gasteiger partial charge in [-0.05, 0) is 31.0 Å². The Morgan fingerprint density at radius 3 is 2.77 bits per heavy atom. The number of nitrogens with one attached hydrogen (secondary N) is 1. The molecule has 0 fully saturated rings. The van der Waals surface area contributed by atoms with Crippen molar-refractivity contribution in [2.24, 2.45) is 5.92 Å². The number of nitrogens with zero attached hydrogens (tertiary/aromatic N) is 4. The quantitative estimate of drug-likeness (QED) is 0.511. The van der Waals surface area contributed by atoms with Gasteiger partial charge >= 0.3 is 5.69 Å². The zero-order chi connectivity index (χ0) is 18.7. The van der Waals surface area contributed by atoms with Crippen LogP contribution < -0.4 is 10.1 Å². The first-order valence-electron chi connectivity index (χ1n) is 8.48. The molecule has 0 amide bonds. The molecule has 1 aromatic carbocycles. The molecule has 0 aliphatic heterocycles. The summed E-state index contributed by atoms with van der Waals surface area (Å²) in [5.41, 5.74) is 1.45. The van der Waals surface area contributed by atoms with Gasteiger partial charge in [0, 0.05) is 24.0 Å². The average molecular weight is 355 g/mol. The molecule has 2 heterocycles. The van der Waals surface area contributed by atoms with Crippen molar-refractivity contribution >= 4 is 17.0 Å². The van der Waals surface area contributed by atoms with E-state index in [1.54, 1.807) is 19.1 Å². The highest BCUT2D eigenvalue weighted by atomic mass is 16.6. The van der Waals surface area contributed by atoms with Gasteiger partial charge in [0.25, 0.3) is 0 Å². The largest absolute Gasteiger partial charge is 0.487 e. The van der Waals surface area contributed by atoms with Crippen molar-refractivity contribution < 1.29 is 9.66 Å². The monoisotopic (exact) mass is 355 g/mol. The van der Waals surface area contributed by atoms with E-state index in [1.165, 1.54) is 6.07 Å². The molecule has 0 radical (unpaired) electrons. The lowest BCUT2D eigenvalue weighted by atomic mass is 10.0. The molecule has 26 heavy (non-hydrogen) atoms. The Kier molecular flexibility index (Phi) is 5.01. The van der Waals surface area contributed by atoms with Crippen LogP contribution in [0.4, 0.5) is 11.4 Å². The van der Waals surface area contributed by atoms with Gasteiger partial charge in [-0.1, -0.05) is 19.9 Å². The standard InChI is InChI=1S/C18H21N5O3/c1-4-26-15-11-13(8-9-14(15)23(24)25)19-17(12(2)3)18-21-20-16-7-5-6-10-22(16)18/h5-12,17,19H,4H2,1-3H3. The molecule has 136 valence electrons. The lowest BCUT2D eigenvalue weighted by Crippen LogP contribution is -2.19. The Hall–Kier alpha value is -3.16. The minimum absolute atomic E-state index is 0.0496. The fraction of sp³-hybridized carbons (Fsp3) is 0.333. The molecule has 2 aromatic heterocycles.